The van der Waals surface area contributed by atoms with Gasteiger partial charge in [0.1, 0.15) is 5.54 Å². The van der Waals surface area contributed by atoms with Crippen LogP contribution in [0.3, 0.4) is 0 Å². The molecule has 1 unspecified atom stereocenters. The first kappa shape index (κ1) is 37.5. The first-order valence-corrected chi connectivity index (χ1v) is 16.2. The smallest absolute Gasteiger partial charge is 0.257 e. The van der Waals surface area contributed by atoms with Gasteiger partial charge in [0, 0.05) is 38.5 Å². The SMILES string of the molecule is CCC(C)(C)C1C=CC(C(=O)N2CCN(CC(=O)NCCN(C)C)C(=O)C2(C)C)=C(NC=O)S1.CNc1cccc(Cl)c1Cl. The lowest BCUT2D eigenvalue weighted by molar-refractivity contribution is -0.157. The number of carbonyl (C=O) groups is 4. The lowest BCUT2D eigenvalue weighted by Gasteiger charge is -2.46. The molecule has 1 saturated heterocycles. The van der Waals surface area contributed by atoms with Gasteiger partial charge in [0.2, 0.25) is 18.2 Å². The number of anilines is 1. The van der Waals surface area contributed by atoms with E-state index in [1.807, 2.05) is 37.2 Å². The predicted octanol–water partition coefficient (Wildman–Crippen LogP) is 4.21. The fourth-order valence-corrected chi connectivity index (χ4v) is 6.24. The fraction of sp³-hybridized carbons (Fsp3) is 0.548. The molecule has 244 valence electrons. The summed E-state index contributed by atoms with van der Waals surface area (Å²) in [6.45, 7) is 11.5. The minimum Gasteiger partial charge on any atom is -0.387 e. The van der Waals surface area contributed by atoms with Crippen LogP contribution in [0.2, 0.25) is 10.0 Å². The maximum atomic E-state index is 13.6. The van der Waals surface area contributed by atoms with Gasteiger partial charge in [-0.15, -0.1) is 0 Å². The predicted molar refractivity (Wildman–Crippen MR) is 181 cm³/mol. The molecule has 2 aliphatic rings. The highest BCUT2D eigenvalue weighted by molar-refractivity contribution is 8.03. The Morgan fingerprint density at radius 2 is 1.89 bits per heavy atom. The highest BCUT2D eigenvalue weighted by atomic mass is 35.5. The number of thioether (sulfide) groups is 1. The van der Waals surface area contributed by atoms with E-state index >= 15 is 0 Å². The summed E-state index contributed by atoms with van der Waals surface area (Å²) in [6.07, 6.45) is 5.28. The van der Waals surface area contributed by atoms with E-state index in [1.165, 1.54) is 21.6 Å². The Kier molecular flexibility index (Phi) is 14.1. The quantitative estimate of drug-likeness (QED) is 0.303. The second-order valence-corrected chi connectivity index (χ2v) is 13.9. The molecule has 1 aromatic carbocycles. The molecule has 44 heavy (non-hydrogen) atoms. The van der Waals surface area contributed by atoms with E-state index in [-0.39, 0.29) is 41.5 Å². The molecule has 0 radical (unpaired) electrons. The van der Waals surface area contributed by atoms with Crippen molar-refractivity contribution in [1.82, 2.24) is 25.3 Å². The average molecular weight is 670 g/mol. The second-order valence-electron chi connectivity index (χ2n) is 12.0. The van der Waals surface area contributed by atoms with Gasteiger partial charge in [-0.1, -0.05) is 67.9 Å². The standard InChI is InChI=1S/C24H39N5O4S.C7H7Cl2N/c1-8-23(2,3)18-10-9-17(20(34-18)26-16-30)21(32)29-14-13-28(22(33)24(29,4)5)15-19(31)25-11-12-27(6)7;1-10-6-4-2-3-5(8)7(6)9/h9-10,16,18H,8,11-15H2,1-7H3,(H,25,31)(H,26,30);2-4,10H,1H3. The van der Waals surface area contributed by atoms with Crippen molar-refractivity contribution >= 4 is 64.8 Å². The number of nitrogens with zero attached hydrogens (tertiary/aromatic N) is 3. The molecule has 0 aliphatic carbocycles. The Morgan fingerprint density at radius 1 is 1.20 bits per heavy atom. The van der Waals surface area contributed by atoms with Crippen LogP contribution in [-0.4, -0.2) is 103 Å². The molecule has 0 spiro atoms. The van der Waals surface area contributed by atoms with Gasteiger partial charge in [-0.05, 0) is 58.0 Å². The van der Waals surface area contributed by atoms with Gasteiger partial charge in [0.15, 0.2) is 0 Å². The number of halogens is 2. The number of piperazine rings is 1. The zero-order valence-electron chi connectivity index (χ0n) is 26.9. The summed E-state index contributed by atoms with van der Waals surface area (Å²) in [5.74, 6) is -0.811. The molecular formula is C31H46Cl2N6O4S. The molecule has 0 saturated carbocycles. The number of hydrogen-bond acceptors (Lipinski definition) is 7. The van der Waals surface area contributed by atoms with Crippen LogP contribution < -0.4 is 16.0 Å². The molecular weight excluding hydrogens is 623 g/mol. The highest BCUT2D eigenvalue weighted by Crippen LogP contribution is 2.42. The number of amides is 4. The molecule has 3 N–H and O–H groups in total. The molecule has 0 bridgehead atoms. The number of rotatable bonds is 11. The molecule has 0 aromatic heterocycles. The number of nitrogens with one attached hydrogen (secondary N) is 3. The Bertz CT molecular complexity index is 1270. The van der Waals surface area contributed by atoms with Crippen molar-refractivity contribution in [3.63, 3.8) is 0 Å². The van der Waals surface area contributed by atoms with E-state index in [9.17, 15) is 19.2 Å². The van der Waals surface area contributed by atoms with Crippen molar-refractivity contribution in [2.45, 2.75) is 51.8 Å². The van der Waals surface area contributed by atoms with Crippen LogP contribution >= 0.6 is 35.0 Å². The molecule has 2 aliphatic heterocycles. The lowest BCUT2D eigenvalue weighted by atomic mass is 9.85. The van der Waals surface area contributed by atoms with E-state index in [1.54, 1.807) is 33.0 Å². The molecule has 13 heteroatoms. The zero-order valence-corrected chi connectivity index (χ0v) is 29.3. The van der Waals surface area contributed by atoms with Crippen LogP contribution in [0, 0.1) is 5.41 Å². The summed E-state index contributed by atoms with van der Waals surface area (Å²) in [4.78, 5) is 55.3. The van der Waals surface area contributed by atoms with Gasteiger partial charge in [-0.3, -0.25) is 19.2 Å². The molecule has 1 atom stereocenters. The van der Waals surface area contributed by atoms with Gasteiger partial charge >= 0.3 is 0 Å². The van der Waals surface area contributed by atoms with E-state index < -0.39 is 5.54 Å². The Hall–Kier alpha value is -2.73. The topological polar surface area (TPSA) is 114 Å². The van der Waals surface area contributed by atoms with Crippen LogP contribution in [-0.2, 0) is 19.2 Å². The van der Waals surface area contributed by atoms with Crippen LogP contribution in [0.15, 0.2) is 41.0 Å². The maximum absolute atomic E-state index is 13.6. The van der Waals surface area contributed by atoms with Crippen molar-refractivity contribution in [3.05, 3.63) is 51.0 Å². The summed E-state index contributed by atoms with van der Waals surface area (Å²) in [5.41, 5.74) is 0.0843. The Labute approximate surface area is 275 Å². The largest absolute Gasteiger partial charge is 0.387 e. The molecule has 1 fully saturated rings. The van der Waals surface area contributed by atoms with Crippen molar-refractivity contribution in [2.24, 2.45) is 5.41 Å². The van der Waals surface area contributed by atoms with Crippen molar-refractivity contribution in [3.8, 4) is 0 Å². The number of likely N-dealkylation sites (N-methyl/N-ethyl adjacent to an activating group) is 1. The molecule has 10 nitrogen and oxygen atoms in total. The van der Waals surface area contributed by atoms with E-state index in [2.05, 4.69) is 36.7 Å². The Balaban J connectivity index is 0.000000569. The molecule has 1 aromatic rings. The Morgan fingerprint density at radius 3 is 2.45 bits per heavy atom. The molecule has 3 rings (SSSR count). The third-order valence-electron chi connectivity index (χ3n) is 7.79. The normalized spacial score (nSPS) is 18.1. The summed E-state index contributed by atoms with van der Waals surface area (Å²) in [7, 11) is 5.65. The third kappa shape index (κ3) is 9.63. The average Bonchev–Trinajstić information content (AvgIpc) is 2.97. The van der Waals surface area contributed by atoms with E-state index in [0.29, 0.717) is 46.7 Å². The molecule has 4 amide bonds. The van der Waals surface area contributed by atoms with Crippen molar-refractivity contribution in [1.29, 1.82) is 0 Å². The fourth-order valence-electron chi connectivity index (χ4n) is 4.54. The zero-order chi connectivity index (χ0) is 33.2. The first-order valence-electron chi connectivity index (χ1n) is 14.5. The minimum atomic E-state index is -1.13. The van der Waals surface area contributed by atoms with E-state index in [4.69, 9.17) is 23.2 Å². The van der Waals surface area contributed by atoms with Crippen molar-refractivity contribution in [2.75, 3.05) is 59.2 Å². The maximum Gasteiger partial charge on any atom is 0.257 e. The monoisotopic (exact) mass is 668 g/mol. The van der Waals surface area contributed by atoms with Gasteiger partial charge < -0.3 is 30.7 Å². The summed E-state index contributed by atoms with van der Waals surface area (Å²) in [6, 6.07) is 5.47. The van der Waals surface area contributed by atoms with Gasteiger partial charge in [0.05, 0.1) is 32.9 Å². The van der Waals surface area contributed by atoms with Gasteiger partial charge in [-0.25, -0.2) is 0 Å². The second kappa shape index (κ2) is 16.5. The minimum absolute atomic E-state index is 0.0143. The lowest BCUT2D eigenvalue weighted by Crippen LogP contribution is -2.65. The summed E-state index contributed by atoms with van der Waals surface area (Å²) in [5, 5.41) is 10.2. The van der Waals surface area contributed by atoms with Crippen molar-refractivity contribution < 1.29 is 19.2 Å². The first-order chi connectivity index (χ1) is 20.6. The molecule has 2 heterocycles. The number of hydrogen-bond donors (Lipinski definition) is 3. The van der Waals surface area contributed by atoms with Crippen LogP contribution in [0.1, 0.15) is 41.0 Å². The van der Waals surface area contributed by atoms with Crippen LogP contribution in [0.25, 0.3) is 0 Å². The summed E-state index contributed by atoms with van der Waals surface area (Å²) >= 11 is 13.0. The van der Waals surface area contributed by atoms with Gasteiger partial charge in [-0.2, -0.15) is 0 Å². The van der Waals surface area contributed by atoms with Crippen LogP contribution in [0.4, 0.5) is 5.69 Å². The number of carbonyl (C=O) groups excluding carboxylic acids is 4. The van der Waals surface area contributed by atoms with Crippen LogP contribution in [0.5, 0.6) is 0 Å². The highest BCUT2D eigenvalue weighted by Gasteiger charge is 2.46. The third-order valence-corrected chi connectivity index (χ3v) is 10.2. The van der Waals surface area contributed by atoms with E-state index in [0.717, 1.165) is 12.1 Å². The van der Waals surface area contributed by atoms with Gasteiger partial charge in [0.25, 0.3) is 5.91 Å². The number of benzene rings is 1. The summed E-state index contributed by atoms with van der Waals surface area (Å²) < 4.78 is 0.